The number of likely N-dealkylation sites (N-methyl/N-ethyl adjacent to an activating group) is 1. The lowest BCUT2D eigenvalue weighted by Gasteiger charge is -2.26. The van der Waals surface area contributed by atoms with Gasteiger partial charge in [0.25, 0.3) is 5.91 Å². The molecule has 0 radical (unpaired) electrons. The average Bonchev–Trinajstić information content (AvgIpc) is 3.01. The SMILES string of the molecule is Cc1nccc(C(=O)Nc2nc3cccc(C)c3n2C2CCCCN(C(=O)C=CCN(C)C)C2)n1. The Morgan fingerprint density at radius 1 is 1.17 bits per heavy atom. The van der Waals surface area contributed by atoms with Crippen LogP contribution in [0.2, 0.25) is 0 Å². The van der Waals surface area contributed by atoms with Gasteiger partial charge < -0.3 is 14.4 Å². The van der Waals surface area contributed by atoms with Crippen LogP contribution in [0.15, 0.2) is 42.6 Å². The fourth-order valence-electron chi connectivity index (χ4n) is 4.51. The van der Waals surface area contributed by atoms with Gasteiger partial charge in [-0.2, -0.15) is 0 Å². The molecule has 9 heteroatoms. The number of benzene rings is 1. The van der Waals surface area contributed by atoms with Crippen molar-refractivity contribution < 1.29 is 9.59 Å². The van der Waals surface area contributed by atoms with Gasteiger partial charge in [-0.25, -0.2) is 15.0 Å². The number of para-hydroxylation sites is 1. The van der Waals surface area contributed by atoms with Gasteiger partial charge in [0.15, 0.2) is 0 Å². The van der Waals surface area contributed by atoms with Gasteiger partial charge in [-0.3, -0.25) is 14.9 Å². The molecule has 1 aliphatic rings. The molecule has 1 unspecified atom stereocenters. The Bertz CT molecular complexity index is 1250. The van der Waals surface area contributed by atoms with Crippen LogP contribution >= 0.6 is 0 Å². The van der Waals surface area contributed by atoms with Crippen molar-refractivity contribution >= 4 is 28.8 Å². The zero-order valence-electron chi connectivity index (χ0n) is 20.9. The number of hydrogen-bond donors (Lipinski definition) is 1. The summed E-state index contributed by atoms with van der Waals surface area (Å²) in [5.74, 6) is 0.681. The van der Waals surface area contributed by atoms with Gasteiger partial charge in [0.2, 0.25) is 11.9 Å². The number of aromatic nitrogens is 4. The first-order chi connectivity index (χ1) is 16.8. The van der Waals surface area contributed by atoms with Crippen molar-refractivity contribution in [3.63, 3.8) is 0 Å². The lowest BCUT2D eigenvalue weighted by molar-refractivity contribution is -0.126. The number of fused-ring (bicyclic) bond motifs is 1. The predicted molar refractivity (Wildman–Crippen MR) is 136 cm³/mol. The van der Waals surface area contributed by atoms with Gasteiger partial charge in [-0.15, -0.1) is 0 Å². The van der Waals surface area contributed by atoms with E-state index in [9.17, 15) is 9.59 Å². The molecular formula is C26H33N7O2. The number of aryl methyl sites for hydroxylation is 2. The molecule has 1 saturated heterocycles. The highest BCUT2D eigenvalue weighted by atomic mass is 16.2. The van der Waals surface area contributed by atoms with E-state index in [1.165, 1.54) is 0 Å². The molecule has 9 nitrogen and oxygen atoms in total. The van der Waals surface area contributed by atoms with Gasteiger partial charge >= 0.3 is 0 Å². The third kappa shape index (κ3) is 5.74. The maximum Gasteiger partial charge on any atom is 0.276 e. The van der Waals surface area contributed by atoms with Gasteiger partial charge in [-0.05, 0) is 64.9 Å². The first kappa shape index (κ1) is 24.5. The largest absolute Gasteiger partial charge is 0.337 e. The Kier molecular flexibility index (Phi) is 7.55. The summed E-state index contributed by atoms with van der Waals surface area (Å²) in [7, 11) is 3.95. The van der Waals surface area contributed by atoms with E-state index in [1.54, 1.807) is 25.3 Å². The lowest BCUT2D eigenvalue weighted by Crippen LogP contribution is -2.35. The molecule has 1 N–H and O–H groups in total. The molecule has 0 bridgehead atoms. The second kappa shape index (κ2) is 10.8. The summed E-state index contributed by atoms with van der Waals surface area (Å²) in [6, 6.07) is 7.54. The molecule has 35 heavy (non-hydrogen) atoms. The van der Waals surface area contributed by atoms with Crippen molar-refractivity contribution in [1.29, 1.82) is 0 Å². The minimum absolute atomic E-state index is 0.0157. The second-order valence-electron chi connectivity index (χ2n) is 9.29. The molecular weight excluding hydrogens is 442 g/mol. The highest BCUT2D eigenvalue weighted by Crippen LogP contribution is 2.32. The molecule has 1 aliphatic heterocycles. The number of anilines is 1. The monoisotopic (exact) mass is 475 g/mol. The smallest absolute Gasteiger partial charge is 0.276 e. The van der Waals surface area contributed by atoms with Gasteiger partial charge in [0.1, 0.15) is 11.5 Å². The number of carbonyl (C=O) groups is 2. The number of rotatable bonds is 6. The maximum atomic E-state index is 13.0. The van der Waals surface area contributed by atoms with Crippen molar-refractivity contribution in [1.82, 2.24) is 29.3 Å². The number of nitrogens with one attached hydrogen (secondary N) is 1. The van der Waals surface area contributed by atoms with Crippen LogP contribution in [0.3, 0.4) is 0 Å². The lowest BCUT2D eigenvalue weighted by atomic mass is 10.1. The third-order valence-electron chi connectivity index (χ3n) is 6.20. The van der Waals surface area contributed by atoms with Crippen molar-refractivity contribution in [3.8, 4) is 0 Å². The molecule has 3 heterocycles. The van der Waals surface area contributed by atoms with E-state index >= 15 is 0 Å². The van der Waals surface area contributed by atoms with Crippen LogP contribution in [0, 0.1) is 13.8 Å². The Labute approximate surface area is 205 Å². The number of hydrogen-bond acceptors (Lipinski definition) is 6. The van der Waals surface area contributed by atoms with E-state index in [1.807, 2.05) is 55.1 Å². The number of imidazole rings is 1. The number of likely N-dealkylation sites (tertiary alicyclic amines) is 1. The summed E-state index contributed by atoms with van der Waals surface area (Å²) >= 11 is 0. The molecule has 3 aromatic rings. The molecule has 1 aromatic carbocycles. The Hall–Kier alpha value is -3.59. The van der Waals surface area contributed by atoms with E-state index in [4.69, 9.17) is 4.98 Å². The van der Waals surface area contributed by atoms with E-state index in [-0.39, 0.29) is 23.6 Å². The number of carbonyl (C=O) groups excluding carboxylic acids is 2. The van der Waals surface area contributed by atoms with Gasteiger partial charge in [0.05, 0.1) is 17.1 Å². The molecule has 184 valence electrons. The van der Waals surface area contributed by atoms with E-state index in [0.29, 0.717) is 24.9 Å². The number of amides is 2. The normalized spacial score (nSPS) is 16.7. The first-order valence-corrected chi connectivity index (χ1v) is 12.0. The van der Waals surface area contributed by atoms with E-state index in [0.717, 1.165) is 42.4 Å². The second-order valence-corrected chi connectivity index (χ2v) is 9.29. The highest BCUT2D eigenvalue weighted by molar-refractivity contribution is 6.02. The fraction of sp³-hybridized carbons (Fsp3) is 0.423. The molecule has 2 amide bonds. The third-order valence-corrected chi connectivity index (χ3v) is 6.20. The zero-order valence-corrected chi connectivity index (χ0v) is 20.9. The van der Waals surface area contributed by atoms with Crippen LogP contribution in [0.25, 0.3) is 11.0 Å². The Morgan fingerprint density at radius 2 is 2.00 bits per heavy atom. The van der Waals surface area contributed by atoms with Crippen LogP contribution in [-0.4, -0.2) is 74.9 Å². The van der Waals surface area contributed by atoms with Crippen molar-refractivity contribution in [3.05, 3.63) is 59.7 Å². The number of nitrogens with zero attached hydrogens (tertiary/aromatic N) is 6. The fourth-order valence-corrected chi connectivity index (χ4v) is 4.51. The summed E-state index contributed by atoms with van der Waals surface area (Å²) in [5, 5.41) is 2.98. The first-order valence-electron chi connectivity index (χ1n) is 12.0. The summed E-state index contributed by atoms with van der Waals surface area (Å²) in [4.78, 5) is 43.0. The summed E-state index contributed by atoms with van der Waals surface area (Å²) < 4.78 is 2.10. The van der Waals surface area contributed by atoms with Crippen molar-refractivity contribution in [2.75, 3.05) is 39.0 Å². The summed E-state index contributed by atoms with van der Waals surface area (Å²) in [5.41, 5.74) is 3.15. The molecule has 0 aliphatic carbocycles. The average molecular weight is 476 g/mol. The van der Waals surface area contributed by atoms with E-state index in [2.05, 4.69) is 19.9 Å². The highest BCUT2D eigenvalue weighted by Gasteiger charge is 2.27. The van der Waals surface area contributed by atoms with Crippen LogP contribution in [0.1, 0.15) is 47.2 Å². The zero-order chi connectivity index (χ0) is 24.9. The summed E-state index contributed by atoms with van der Waals surface area (Å²) in [6.07, 6.45) is 7.95. The molecule has 1 atom stereocenters. The molecule has 2 aromatic heterocycles. The van der Waals surface area contributed by atoms with Crippen LogP contribution in [-0.2, 0) is 4.79 Å². The quantitative estimate of drug-likeness (QED) is 0.549. The standard InChI is InChI=1S/C26H33N7O2/c1-18-9-7-11-21-24(18)33(26(29-21)30-25(35)22-13-14-27-19(2)28-22)20-10-5-6-16-32(17-20)23(34)12-8-15-31(3)4/h7-9,11-14,20H,5-6,10,15-17H2,1-4H3,(H,29,30,35). The van der Waals surface area contributed by atoms with E-state index < -0.39 is 0 Å². The van der Waals surface area contributed by atoms with Crippen LogP contribution in [0.5, 0.6) is 0 Å². The van der Waals surface area contributed by atoms with Crippen LogP contribution in [0.4, 0.5) is 5.95 Å². The summed E-state index contributed by atoms with van der Waals surface area (Å²) in [6.45, 7) is 5.78. The minimum atomic E-state index is -0.335. The Balaban J connectivity index is 1.68. The topological polar surface area (TPSA) is 96.2 Å². The van der Waals surface area contributed by atoms with Crippen LogP contribution < -0.4 is 5.32 Å². The Morgan fingerprint density at radius 3 is 2.77 bits per heavy atom. The molecule has 0 spiro atoms. The predicted octanol–water partition coefficient (Wildman–Crippen LogP) is 3.37. The molecule has 1 fully saturated rings. The van der Waals surface area contributed by atoms with Crippen molar-refractivity contribution in [2.24, 2.45) is 0 Å². The molecule has 0 saturated carbocycles. The van der Waals surface area contributed by atoms with Crippen molar-refractivity contribution in [2.45, 2.75) is 39.2 Å². The van der Waals surface area contributed by atoms with Gasteiger partial charge in [-0.1, -0.05) is 18.2 Å². The maximum absolute atomic E-state index is 13.0. The minimum Gasteiger partial charge on any atom is -0.337 e. The molecule has 4 rings (SSSR count). The van der Waals surface area contributed by atoms with Gasteiger partial charge in [0, 0.05) is 31.9 Å².